The fourth-order valence-corrected chi connectivity index (χ4v) is 5.72. The predicted octanol–water partition coefficient (Wildman–Crippen LogP) is 4.70. The third kappa shape index (κ3) is 3.58. The SMILES string of the molecule is CC(C)(C)OC(=O)N1CCC2(CCN(C(=O)c3c4n(c5ccccc35)CCC4)C2)C(F)(F)C1. The number of carbonyl (C=O) groups excluding carboxylic acids is 2. The molecule has 5 rings (SSSR count). The molecule has 2 amide bonds. The van der Waals surface area contributed by atoms with Gasteiger partial charge in [0.15, 0.2) is 0 Å². The van der Waals surface area contributed by atoms with Crippen LogP contribution in [-0.2, 0) is 17.7 Å². The quantitative estimate of drug-likeness (QED) is 0.622. The number of aryl methyl sites for hydroxylation is 1. The van der Waals surface area contributed by atoms with E-state index in [0.717, 1.165) is 40.9 Å². The minimum Gasteiger partial charge on any atom is -0.444 e. The Kier molecular flexibility index (Phi) is 4.99. The maximum absolute atomic E-state index is 15.5. The first-order valence-electron chi connectivity index (χ1n) is 11.8. The largest absolute Gasteiger partial charge is 0.444 e. The number of fused-ring (bicyclic) bond motifs is 3. The van der Waals surface area contributed by atoms with E-state index in [2.05, 4.69) is 4.57 Å². The molecule has 0 saturated carbocycles. The molecular weight excluding hydrogens is 428 g/mol. The topological polar surface area (TPSA) is 54.8 Å². The maximum Gasteiger partial charge on any atom is 0.410 e. The standard InChI is InChI=1S/C25H31F2N3O3/c1-23(2,3)33-22(32)29-14-11-24(25(26,27)16-29)10-13-28(15-24)21(31)20-17-7-4-5-8-18(17)30-12-6-9-19(20)30/h4-5,7-8H,6,9-16H2,1-3H3. The molecule has 0 aliphatic carbocycles. The normalized spacial score (nSPS) is 24.5. The lowest BCUT2D eigenvalue weighted by Gasteiger charge is -2.45. The lowest BCUT2D eigenvalue weighted by molar-refractivity contribution is -0.159. The first-order chi connectivity index (χ1) is 15.5. The van der Waals surface area contributed by atoms with Gasteiger partial charge in [0.1, 0.15) is 5.60 Å². The predicted molar refractivity (Wildman–Crippen MR) is 121 cm³/mol. The van der Waals surface area contributed by atoms with Crippen LogP contribution in [0.4, 0.5) is 13.6 Å². The second-order valence-electron chi connectivity index (χ2n) is 10.7. The van der Waals surface area contributed by atoms with Crippen molar-refractivity contribution in [2.75, 3.05) is 26.2 Å². The van der Waals surface area contributed by atoms with Crippen LogP contribution in [0.2, 0.25) is 0 Å². The summed E-state index contributed by atoms with van der Waals surface area (Å²) in [5.41, 5.74) is 0.694. The summed E-state index contributed by atoms with van der Waals surface area (Å²) >= 11 is 0. The van der Waals surface area contributed by atoms with Gasteiger partial charge in [0.2, 0.25) is 0 Å². The molecule has 178 valence electrons. The summed E-state index contributed by atoms with van der Waals surface area (Å²) in [7, 11) is 0. The highest BCUT2D eigenvalue weighted by Crippen LogP contribution is 2.50. The lowest BCUT2D eigenvalue weighted by atomic mass is 9.74. The Morgan fingerprint density at radius 3 is 2.42 bits per heavy atom. The summed E-state index contributed by atoms with van der Waals surface area (Å²) < 4.78 is 38.4. The van der Waals surface area contributed by atoms with Gasteiger partial charge >= 0.3 is 6.09 Å². The van der Waals surface area contributed by atoms with Gasteiger partial charge < -0.3 is 19.1 Å². The highest BCUT2D eigenvalue weighted by atomic mass is 19.3. The number of para-hydroxylation sites is 1. The molecule has 1 spiro atoms. The molecule has 2 aromatic rings. The van der Waals surface area contributed by atoms with Crippen molar-refractivity contribution in [3.63, 3.8) is 0 Å². The van der Waals surface area contributed by atoms with Crippen LogP contribution in [0.25, 0.3) is 10.9 Å². The zero-order chi connectivity index (χ0) is 23.6. The second-order valence-corrected chi connectivity index (χ2v) is 10.7. The Hall–Kier alpha value is -2.64. The van der Waals surface area contributed by atoms with E-state index in [-0.39, 0.29) is 31.8 Å². The van der Waals surface area contributed by atoms with Gasteiger partial charge in [0.25, 0.3) is 11.8 Å². The highest BCUT2D eigenvalue weighted by molar-refractivity contribution is 6.08. The zero-order valence-corrected chi connectivity index (χ0v) is 19.5. The van der Waals surface area contributed by atoms with Crippen LogP contribution in [0.1, 0.15) is 56.1 Å². The molecule has 1 aromatic carbocycles. The maximum atomic E-state index is 15.5. The number of amides is 2. The number of piperidine rings is 1. The van der Waals surface area contributed by atoms with Crippen molar-refractivity contribution in [3.8, 4) is 0 Å². The van der Waals surface area contributed by atoms with E-state index < -0.39 is 29.6 Å². The summed E-state index contributed by atoms with van der Waals surface area (Å²) in [5.74, 6) is -3.24. The van der Waals surface area contributed by atoms with Crippen LogP contribution in [-0.4, -0.2) is 64.1 Å². The van der Waals surface area contributed by atoms with Crippen LogP contribution >= 0.6 is 0 Å². The first kappa shape index (κ1) is 22.2. The number of likely N-dealkylation sites (tertiary alicyclic amines) is 2. The minimum absolute atomic E-state index is 0.0138. The van der Waals surface area contributed by atoms with E-state index in [1.54, 1.807) is 25.7 Å². The third-order valence-electron chi connectivity index (χ3n) is 7.41. The molecule has 2 saturated heterocycles. The summed E-state index contributed by atoms with van der Waals surface area (Å²) in [6, 6.07) is 7.85. The molecule has 2 fully saturated rings. The van der Waals surface area contributed by atoms with Gasteiger partial charge in [-0.1, -0.05) is 18.2 Å². The van der Waals surface area contributed by atoms with Crippen LogP contribution in [0.15, 0.2) is 24.3 Å². The number of hydrogen-bond acceptors (Lipinski definition) is 3. The number of aromatic nitrogens is 1. The summed E-state index contributed by atoms with van der Waals surface area (Å²) in [6.45, 7) is 5.89. The number of nitrogens with zero attached hydrogens (tertiary/aromatic N) is 3. The molecule has 1 unspecified atom stereocenters. The molecule has 4 heterocycles. The Morgan fingerprint density at radius 2 is 1.70 bits per heavy atom. The molecule has 6 nitrogen and oxygen atoms in total. The van der Waals surface area contributed by atoms with E-state index in [0.29, 0.717) is 12.1 Å². The molecule has 3 aliphatic rings. The van der Waals surface area contributed by atoms with Gasteiger partial charge in [-0.2, -0.15) is 0 Å². The molecule has 0 bridgehead atoms. The fourth-order valence-electron chi connectivity index (χ4n) is 5.72. The van der Waals surface area contributed by atoms with Gasteiger partial charge in [0.05, 0.1) is 17.5 Å². The smallest absolute Gasteiger partial charge is 0.410 e. The summed E-state index contributed by atoms with van der Waals surface area (Å²) in [4.78, 5) is 28.7. The molecule has 1 atom stereocenters. The number of carbonyl (C=O) groups is 2. The molecule has 3 aliphatic heterocycles. The number of halogens is 2. The second kappa shape index (κ2) is 7.43. The van der Waals surface area contributed by atoms with Gasteiger partial charge in [-0.05, 0) is 52.5 Å². The van der Waals surface area contributed by atoms with Crippen molar-refractivity contribution in [1.29, 1.82) is 0 Å². The van der Waals surface area contributed by atoms with Crippen molar-refractivity contribution in [2.24, 2.45) is 5.41 Å². The van der Waals surface area contributed by atoms with E-state index in [1.807, 2.05) is 24.3 Å². The monoisotopic (exact) mass is 459 g/mol. The van der Waals surface area contributed by atoms with Gasteiger partial charge in [0, 0.05) is 42.8 Å². The summed E-state index contributed by atoms with van der Waals surface area (Å²) in [6.07, 6.45) is 1.50. The van der Waals surface area contributed by atoms with E-state index in [9.17, 15) is 9.59 Å². The highest BCUT2D eigenvalue weighted by Gasteiger charge is 2.61. The zero-order valence-electron chi connectivity index (χ0n) is 19.5. The number of hydrogen-bond donors (Lipinski definition) is 0. The van der Waals surface area contributed by atoms with Crippen molar-refractivity contribution < 1.29 is 23.1 Å². The fraction of sp³-hybridized carbons (Fsp3) is 0.600. The van der Waals surface area contributed by atoms with Crippen molar-refractivity contribution >= 4 is 22.9 Å². The number of alkyl halides is 2. The molecular formula is C25H31F2N3O3. The Balaban J connectivity index is 1.37. The van der Waals surface area contributed by atoms with Gasteiger partial charge in [-0.25, -0.2) is 13.6 Å². The number of benzene rings is 1. The number of rotatable bonds is 1. The Bertz CT molecular complexity index is 1120. The van der Waals surface area contributed by atoms with Crippen molar-refractivity contribution in [3.05, 3.63) is 35.5 Å². The van der Waals surface area contributed by atoms with Crippen LogP contribution < -0.4 is 0 Å². The Morgan fingerprint density at radius 1 is 1.00 bits per heavy atom. The van der Waals surface area contributed by atoms with Crippen molar-refractivity contribution in [1.82, 2.24) is 14.4 Å². The molecule has 0 N–H and O–H groups in total. The number of ether oxygens (including phenoxy) is 1. The van der Waals surface area contributed by atoms with E-state index in [1.165, 1.54) is 0 Å². The minimum atomic E-state index is -3.10. The van der Waals surface area contributed by atoms with Crippen LogP contribution in [0, 0.1) is 5.41 Å². The third-order valence-corrected chi connectivity index (χ3v) is 7.41. The average molecular weight is 460 g/mol. The molecule has 0 radical (unpaired) electrons. The lowest BCUT2D eigenvalue weighted by Crippen LogP contribution is -2.58. The Labute approximate surface area is 192 Å². The summed E-state index contributed by atoms with van der Waals surface area (Å²) in [5, 5.41) is 0.907. The van der Waals surface area contributed by atoms with E-state index >= 15 is 8.78 Å². The van der Waals surface area contributed by atoms with Crippen molar-refractivity contribution in [2.45, 2.75) is 64.5 Å². The molecule has 33 heavy (non-hydrogen) atoms. The van der Waals surface area contributed by atoms with Gasteiger partial charge in [-0.3, -0.25) is 4.79 Å². The first-order valence-corrected chi connectivity index (χ1v) is 11.8. The van der Waals surface area contributed by atoms with Crippen LogP contribution in [0.3, 0.4) is 0 Å². The molecule has 8 heteroatoms. The van der Waals surface area contributed by atoms with Gasteiger partial charge in [-0.15, -0.1) is 0 Å². The van der Waals surface area contributed by atoms with E-state index in [4.69, 9.17) is 4.74 Å². The average Bonchev–Trinajstić information content (AvgIpc) is 3.43. The van der Waals surface area contributed by atoms with Crippen LogP contribution in [0.5, 0.6) is 0 Å². The molecule has 1 aromatic heterocycles.